The number of rotatable bonds is 6. The van der Waals surface area contributed by atoms with Gasteiger partial charge >= 0.3 is 5.97 Å². The van der Waals surface area contributed by atoms with E-state index in [0.29, 0.717) is 13.0 Å². The zero-order valence-electron chi connectivity index (χ0n) is 10.2. The van der Waals surface area contributed by atoms with Crippen molar-refractivity contribution in [1.29, 1.82) is 0 Å². The number of amides is 1. The molecule has 1 N–H and O–H groups in total. The summed E-state index contributed by atoms with van der Waals surface area (Å²) >= 11 is 0. The van der Waals surface area contributed by atoms with Gasteiger partial charge in [-0.25, -0.2) is 4.79 Å². The fourth-order valence-electron chi connectivity index (χ4n) is 1.87. The second-order valence-electron chi connectivity index (χ2n) is 4.12. The molecule has 0 spiro atoms. The van der Waals surface area contributed by atoms with Crippen molar-refractivity contribution in [3.63, 3.8) is 0 Å². The molecule has 1 aliphatic rings. The van der Waals surface area contributed by atoms with Crippen molar-refractivity contribution < 1.29 is 14.3 Å². The predicted octanol–water partition coefficient (Wildman–Crippen LogP) is 1.58. The van der Waals surface area contributed by atoms with Crippen LogP contribution in [-0.2, 0) is 14.3 Å². The quantitative estimate of drug-likeness (QED) is 0.433. The Hall–Kier alpha value is -1.58. The molecular formula is C13H19NO3. The summed E-state index contributed by atoms with van der Waals surface area (Å²) in [5.74, 6) is -1.21. The summed E-state index contributed by atoms with van der Waals surface area (Å²) in [5, 5.41) is 2.68. The molecule has 1 unspecified atom stereocenters. The number of nitrogens with one attached hydrogen (secondary N) is 1. The standard InChI is InChI=1S/C13H19NO3/c1-4-6-7-10-11(9(3)13(16)17-10)12(15)14-8-5-2/h5,10-11H,2-4,6-8H2,1H3,(H,14,15)/t10-,11?/m0/s1. The normalized spacial score (nSPS) is 23.4. The number of cyclic esters (lactones) is 1. The third-order valence-electron chi connectivity index (χ3n) is 2.81. The van der Waals surface area contributed by atoms with E-state index < -0.39 is 11.9 Å². The molecule has 0 aromatic carbocycles. The lowest BCUT2D eigenvalue weighted by atomic mass is 9.93. The highest BCUT2D eigenvalue weighted by Crippen LogP contribution is 2.30. The van der Waals surface area contributed by atoms with E-state index in [1.54, 1.807) is 6.08 Å². The maximum Gasteiger partial charge on any atom is 0.334 e. The zero-order valence-corrected chi connectivity index (χ0v) is 10.2. The van der Waals surface area contributed by atoms with Crippen molar-refractivity contribution in [3.05, 3.63) is 24.8 Å². The van der Waals surface area contributed by atoms with Crippen molar-refractivity contribution in [2.75, 3.05) is 6.54 Å². The average molecular weight is 237 g/mol. The van der Waals surface area contributed by atoms with Crippen molar-refractivity contribution >= 4 is 11.9 Å². The number of esters is 1. The molecule has 4 nitrogen and oxygen atoms in total. The van der Waals surface area contributed by atoms with Gasteiger partial charge in [0.05, 0.1) is 0 Å². The van der Waals surface area contributed by atoms with Gasteiger partial charge in [-0.1, -0.05) is 32.4 Å². The summed E-state index contributed by atoms with van der Waals surface area (Å²) in [6, 6.07) is 0. The third kappa shape index (κ3) is 3.19. The van der Waals surface area contributed by atoms with E-state index in [9.17, 15) is 9.59 Å². The molecule has 1 rings (SSSR count). The summed E-state index contributed by atoms with van der Waals surface area (Å²) in [7, 11) is 0. The van der Waals surface area contributed by atoms with Crippen molar-refractivity contribution in [2.24, 2.45) is 5.92 Å². The Morgan fingerprint density at radius 2 is 2.29 bits per heavy atom. The van der Waals surface area contributed by atoms with Crippen molar-refractivity contribution in [1.82, 2.24) is 5.32 Å². The topological polar surface area (TPSA) is 55.4 Å². The number of hydrogen-bond acceptors (Lipinski definition) is 3. The molecule has 1 heterocycles. The van der Waals surface area contributed by atoms with E-state index in [4.69, 9.17) is 4.74 Å². The Balaban J connectivity index is 2.69. The van der Waals surface area contributed by atoms with E-state index in [0.717, 1.165) is 12.8 Å². The van der Waals surface area contributed by atoms with Gasteiger partial charge in [0.15, 0.2) is 0 Å². The average Bonchev–Trinajstić information content (AvgIpc) is 2.59. The molecule has 4 heteroatoms. The highest BCUT2D eigenvalue weighted by atomic mass is 16.6. The fourth-order valence-corrected chi connectivity index (χ4v) is 1.87. The first-order valence-electron chi connectivity index (χ1n) is 5.90. The van der Waals surface area contributed by atoms with Crippen molar-refractivity contribution in [2.45, 2.75) is 32.3 Å². The van der Waals surface area contributed by atoms with Crippen LogP contribution >= 0.6 is 0 Å². The van der Waals surface area contributed by atoms with Gasteiger partial charge in [0.1, 0.15) is 12.0 Å². The van der Waals surface area contributed by atoms with Gasteiger partial charge in [-0.2, -0.15) is 0 Å². The molecule has 2 atom stereocenters. The maximum atomic E-state index is 11.9. The van der Waals surface area contributed by atoms with Crippen LogP contribution in [0, 0.1) is 5.92 Å². The van der Waals surface area contributed by atoms with Gasteiger partial charge in [-0.15, -0.1) is 6.58 Å². The van der Waals surface area contributed by atoms with Gasteiger partial charge in [0, 0.05) is 12.1 Å². The van der Waals surface area contributed by atoms with E-state index >= 15 is 0 Å². The molecule has 0 radical (unpaired) electrons. The third-order valence-corrected chi connectivity index (χ3v) is 2.81. The monoisotopic (exact) mass is 237 g/mol. The maximum absolute atomic E-state index is 11.9. The molecule has 0 aromatic heterocycles. The number of unbranched alkanes of at least 4 members (excludes halogenated alkanes) is 1. The summed E-state index contributed by atoms with van der Waals surface area (Å²) in [6.07, 6.45) is 3.87. The molecule has 17 heavy (non-hydrogen) atoms. The Morgan fingerprint density at radius 1 is 1.59 bits per heavy atom. The first-order valence-corrected chi connectivity index (χ1v) is 5.90. The van der Waals surface area contributed by atoms with E-state index in [-0.39, 0.29) is 17.6 Å². The number of carbonyl (C=O) groups excluding carboxylic acids is 2. The Labute approximate surface area is 102 Å². The summed E-state index contributed by atoms with van der Waals surface area (Å²) < 4.78 is 5.16. The van der Waals surface area contributed by atoms with Gasteiger partial charge in [-0.05, 0) is 6.42 Å². The fraction of sp³-hybridized carbons (Fsp3) is 0.538. The van der Waals surface area contributed by atoms with Crippen LogP contribution in [0.3, 0.4) is 0 Å². The number of carbonyl (C=O) groups is 2. The Morgan fingerprint density at radius 3 is 2.88 bits per heavy atom. The van der Waals surface area contributed by atoms with Crippen LogP contribution in [0.5, 0.6) is 0 Å². The minimum Gasteiger partial charge on any atom is -0.458 e. The van der Waals surface area contributed by atoms with Crippen LogP contribution < -0.4 is 5.32 Å². The SMILES string of the molecule is C=CCNC(=O)C1C(=C)C(=O)O[C@H]1CCCC. The van der Waals surface area contributed by atoms with Crippen LogP contribution in [-0.4, -0.2) is 24.5 Å². The second kappa shape index (κ2) is 6.23. The highest BCUT2D eigenvalue weighted by Gasteiger charge is 2.42. The van der Waals surface area contributed by atoms with Crippen LogP contribution in [0.25, 0.3) is 0 Å². The van der Waals surface area contributed by atoms with Crippen LogP contribution in [0.1, 0.15) is 26.2 Å². The molecular weight excluding hydrogens is 218 g/mol. The van der Waals surface area contributed by atoms with Crippen LogP contribution in [0.2, 0.25) is 0 Å². The molecule has 1 amide bonds. The summed E-state index contributed by atoms with van der Waals surface area (Å²) in [4.78, 5) is 23.3. The minimum absolute atomic E-state index is 0.207. The Bertz CT molecular complexity index is 336. The van der Waals surface area contributed by atoms with Gasteiger partial charge in [0.25, 0.3) is 0 Å². The van der Waals surface area contributed by atoms with E-state index in [1.807, 2.05) is 0 Å². The lowest BCUT2D eigenvalue weighted by Crippen LogP contribution is -2.36. The second-order valence-corrected chi connectivity index (χ2v) is 4.12. The van der Waals surface area contributed by atoms with Crippen molar-refractivity contribution in [3.8, 4) is 0 Å². The lowest BCUT2D eigenvalue weighted by Gasteiger charge is -2.16. The number of ether oxygens (including phenoxy) is 1. The lowest BCUT2D eigenvalue weighted by molar-refractivity contribution is -0.140. The molecule has 0 saturated carbocycles. The molecule has 0 bridgehead atoms. The van der Waals surface area contributed by atoms with Gasteiger partial charge < -0.3 is 10.1 Å². The molecule has 1 aliphatic heterocycles. The molecule has 1 fully saturated rings. The molecule has 0 aliphatic carbocycles. The zero-order chi connectivity index (χ0) is 12.8. The van der Waals surface area contributed by atoms with Gasteiger partial charge in [-0.3, -0.25) is 4.79 Å². The molecule has 1 saturated heterocycles. The molecule has 0 aromatic rings. The largest absolute Gasteiger partial charge is 0.458 e. The Kier molecular flexibility index (Phi) is 4.94. The molecule has 94 valence electrons. The van der Waals surface area contributed by atoms with Crippen LogP contribution in [0.4, 0.5) is 0 Å². The van der Waals surface area contributed by atoms with Gasteiger partial charge in [0.2, 0.25) is 5.91 Å². The first-order chi connectivity index (χ1) is 8.11. The first kappa shape index (κ1) is 13.5. The van der Waals surface area contributed by atoms with E-state index in [2.05, 4.69) is 25.4 Å². The van der Waals surface area contributed by atoms with E-state index in [1.165, 1.54) is 0 Å². The summed E-state index contributed by atoms with van der Waals surface area (Å²) in [6.45, 7) is 9.61. The minimum atomic E-state index is -0.547. The van der Waals surface area contributed by atoms with Crippen LogP contribution in [0.15, 0.2) is 24.8 Å². The highest BCUT2D eigenvalue weighted by molar-refractivity contribution is 5.99. The summed E-state index contributed by atoms with van der Waals surface area (Å²) in [5.41, 5.74) is 0.257. The predicted molar refractivity (Wildman–Crippen MR) is 65.2 cm³/mol. The number of hydrogen-bond donors (Lipinski definition) is 1. The smallest absolute Gasteiger partial charge is 0.334 e.